The molecule has 1 atom stereocenters. The van der Waals surface area contributed by atoms with Crippen LogP contribution in [0.4, 0.5) is 9.59 Å². The molecular weight excluding hydrogens is 483 g/mol. The number of carbonyl (C=O) groups excluding carboxylic acids is 2. The quantitative estimate of drug-likeness (QED) is 0.473. The van der Waals surface area contributed by atoms with Crippen molar-refractivity contribution >= 4 is 35.5 Å². The Balaban J connectivity index is 2.04. The first-order chi connectivity index (χ1) is 16.2. The monoisotopic (exact) mass is 506 g/mol. The zero-order chi connectivity index (χ0) is 24.8. The van der Waals surface area contributed by atoms with Crippen LogP contribution in [0.15, 0.2) is 65.4 Å². The zero-order valence-electron chi connectivity index (χ0n) is 19.0. The van der Waals surface area contributed by atoms with Crippen molar-refractivity contribution in [3.63, 3.8) is 0 Å². The Morgan fingerprint density at radius 2 is 1.68 bits per heavy atom. The second-order valence-electron chi connectivity index (χ2n) is 7.31. The van der Waals surface area contributed by atoms with Crippen molar-refractivity contribution < 1.29 is 28.5 Å². The second kappa shape index (κ2) is 11.2. The third kappa shape index (κ3) is 5.76. The van der Waals surface area contributed by atoms with E-state index in [1.807, 2.05) is 6.07 Å². The molecule has 0 saturated carbocycles. The summed E-state index contributed by atoms with van der Waals surface area (Å²) < 4.78 is 21.9. The normalized spacial score (nSPS) is 15.4. The first-order valence-electron chi connectivity index (χ1n) is 10.2. The van der Waals surface area contributed by atoms with Crippen molar-refractivity contribution in [3.05, 3.63) is 86.5 Å². The van der Waals surface area contributed by atoms with E-state index >= 15 is 0 Å². The summed E-state index contributed by atoms with van der Waals surface area (Å²) in [4.78, 5) is 24.2. The average molecular weight is 507 g/mol. The van der Waals surface area contributed by atoms with Crippen LogP contribution in [0, 0.1) is 0 Å². The number of para-hydroxylation sites is 1. The summed E-state index contributed by atoms with van der Waals surface area (Å²) in [5, 5.41) is 6.37. The minimum atomic E-state index is -0.908. The van der Waals surface area contributed by atoms with Crippen LogP contribution in [0.5, 0.6) is 5.75 Å². The van der Waals surface area contributed by atoms with Gasteiger partial charge in [-0.1, -0.05) is 47.5 Å². The van der Waals surface area contributed by atoms with Gasteiger partial charge < -0.3 is 29.6 Å². The van der Waals surface area contributed by atoms with Crippen LogP contribution in [0.3, 0.4) is 0 Å². The molecule has 0 aromatic heterocycles. The van der Waals surface area contributed by atoms with Gasteiger partial charge in [0.25, 0.3) is 0 Å². The highest BCUT2D eigenvalue weighted by Gasteiger charge is 2.36. The first-order valence-corrected chi connectivity index (χ1v) is 11.0. The molecule has 0 radical (unpaired) electrons. The highest BCUT2D eigenvalue weighted by Crippen LogP contribution is 2.43. The van der Waals surface area contributed by atoms with E-state index in [2.05, 4.69) is 10.6 Å². The lowest BCUT2D eigenvalue weighted by Gasteiger charge is -2.31. The molecule has 10 heteroatoms. The molecule has 0 aliphatic carbocycles. The standard InChI is InChI=1S/C24H24Cl2N2O6/c1-13-21(33-23(29)27-3)20(22(14(2)28-13)34-24(30)31-4)16-7-5-6-8-19(16)32-12-15-9-10-17(25)18(26)11-15/h5-11,20,28H,12H2,1-4H3,(H,27,29). The SMILES string of the molecule is CNC(=O)OC1=C(C)NC(C)=C(OC(=O)OC)C1c1ccccc1OCc1ccc(Cl)c(Cl)c1. The lowest BCUT2D eigenvalue weighted by Crippen LogP contribution is -2.31. The number of benzene rings is 2. The van der Waals surface area contributed by atoms with Gasteiger partial charge in [0.05, 0.1) is 28.5 Å². The van der Waals surface area contributed by atoms with E-state index < -0.39 is 18.2 Å². The molecular formula is C24H24Cl2N2O6. The number of halogens is 2. The highest BCUT2D eigenvalue weighted by molar-refractivity contribution is 6.42. The lowest BCUT2D eigenvalue weighted by atomic mass is 9.90. The fourth-order valence-corrected chi connectivity index (χ4v) is 3.75. The smallest absolute Gasteiger partial charge is 0.489 e. The van der Waals surface area contributed by atoms with Crippen LogP contribution in [-0.4, -0.2) is 26.4 Å². The van der Waals surface area contributed by atoms with Crippen molar-refractivity contribution in [3.8, 4) is 5.75 Å². The molecule has 2 N–H and O–H groups in total. The third-order valence-corrected chi connectivity index (χ3v) is 5.75. The Bertz CT molecular complexity index is 1120. The molecule has 0 bridgehead atoms. The van der Waals surface area contributed by atoms with Crippen molar-refractivity contribution in [1.29, 1.82) is 0 Å². The van der Waals surface area contributed by atoms with E-state index in [0.717, 1.165) is 5.56 Å². The third-order valence-electron chi connectivity index (χ3n) is 5.01. The Kier molecular flexibility index (Phi) is 8.31. The molecule has 1 unspecified atom stereocenters. The number of allylic oxidation sites excluding steroid dienone is 2. The summed E-state index contributed by atoms with van der Waals surface area (Å²) in [5.74, 6) is 0.170. The predicted octanol–water partition coefficient (Wildman–Crippen LogP) is 5.86. The van der Waals surface area contributed by atoms with Crippen molar-refractivity contribution in [2.75, 3.05) is 14.2 Å². The maximum Gasteiger partial charge on any atom is 0.513 e. The molecule has 1 heterocycles. The summed E-state index contributed by atoms with van der Waals surface area (Å²) >= 11 is 12.1. The van der Waals surface area contributed by atoms with Crippen molar-refractivity contribution in [1.82, 2.24) is 10.6 Å². The maximum absolute atomic E-state index is 12.1. The van der Waals surface area contributed by atoms with Gasteiger partial charge >= 0.3 is 12.2 Å². The van der Waals surface area contributed by atoms with E-state index in [9.17, 15) is 9.59 Å². The van der Waals surface area contributed by atoms with E-state index in [1.165, 1.54) is 14.2 Å². The molecule has 8 nitrogen and oxygen atoms in total. The maximum atomic E-state index is 12.1. The summed E-state index contributed by atoms with van der Waals surface area (Å²) in [7, 11) is 2.66. The van der Waals surface area contributed by atoms with Gasteiger partial charge in [0.1, 0.15) is 29.8 Å². The molecule has 0 fully saturated rings. The van der Waals surface area contributed by atoms with E-state index in [0.29, 0.717) is 32.8 Å². The van der Waals surface area contributed by atoms with Crippen molar-refractivity contribution in [2.24, 2.45) is 0 Å². The number of hydrogen-bond acceptors (Lipinski definition) is 7. The van der Waals surface area contributed by atoms with Gasteiger partial charge in [0.15, 0.2) is 0 Å². The van der Waals surface area contributed by atoms with Crippen molar-refractivity contribution in [2.45, 2.75) is 26.4 Å². The second-order valence-corrected chi connectivity index (χ2v) is 8.12. The molecule has 1 aliphatic rings. The summed E-state index contributed by atoms with van der Waals surface area (Å²) in [6, 6.07) is 12.4. The molecule has 2 aromatic carbocycles. The molecule has 0 saturated heterocycles. The van der Waals surface area contributed by atoms with Crippen LogP contribution in [0.2, 0.25) is 10.0 Å². The number of amides is 1. The minimum absolute atomic E-state index is 0.198. The van der Waals surface area contributed by atoms with E-state index in [4.69, 9.17) is 42.1 Å². The Morgan fingerprint density at radius 3 is 2.32 bits per heavy atom. The van der Waals surface area contributed by atoms with Gasteiger partial charge in [-0.15, -0.1) is 0 Å². The number of carbonyl (C=O) groups is 2. The van der Waals surface area contributed by atoms with E-state index in [1.54, 1.807) is 50.2 Å². The zero-order valence-corrected chi connectivity index (χ0v) is 20.5. The van der Waals surface area contributed by atoms with Gasteiger partial charge in [0.2, 0.25) is 0 Å². The Morgan fingerprint density at radius 1 is 1.00 bits per heavy atom. The Labute approximate surface area is 207 Å². The highest BCUT2D eigenvalue weighted by atomic mass is 35.5. The molecule has 0 spiro atoms. The van der Waals surface area contributed by atoms with Gasteiger partial charge in [-0.25, -0.2) is 9.59 Å². The topological polar surface area (TPSA) is 95.1 Å². The molecule has 1 amide bonds. The number of alkyl carbamates (subject to hydrolysis) is 1. The molecule has 1 aliphatic heterocycles. The van der Waals surface area contributed by atoms with Crippen LogP contribution < -0.4 is 15.4 Å². The average Bonchev–Trinajstić information content (AvgIpc) is 2.83. The summed E-state index contributed by atoms with van der Waals surface area (Å²) in [5.41, 5.74) is 2.54. The molecule has 180 valence electrons. The predicted molar refractivity (Wildman–Crippen MR) is 128 cm³/mol. The molecule has 2 aromatic rings. The number of methoxy groups -OCH3 is 1. The first kappa shape index (κ1) is 25.3. The van der Waals surface area contributed by atoms with Gasteiger partial charge in [0, 0.05) is 12.6 Å². The molecule has 34 heavy (non-hydrogen) atoms. The number of dihydropyridines is 1. The number of ether oxygens (including phenoxy) is 4. The minimum Gasteiger partial charge on any atom is -0.489 e. The number of rotatable bonds is 6. The lowest BCUT2D eigenvalue weighted by molar-refractivity contribution is 0.0887. The number of hydrogen-bond donors (Lipinski definition) is 2. The van der Waals surface area contributed by atoms with E-state index in [-0.39, 0.29) is 18.1 Å². The molecule has 3 rings (SSSR count). The summed E-state index contributed by atoms with van der Waals surface area (Å²) in [6.07, 6.45) is -1.58. The Hall–Kier alpha value is -3.36. The fourth-order valence-electron chi connectivity index (χ4n) is 3.43. The number of nitrogens with one attached hydrogen (secondary N) is 2. The fraction of sp³-hybridized carbons (Fsp3) is 0.250. The van der Waals surface area contributed by atoms with Crippen LogP contribution >= 0.6 is 23.2 Å². The van der Waals surface area contributed by atoms with Crippen LogP contribution in [0.25, 0.3) is 0 Å². The van der Waals surface area contributed by atoms with Crippen LogP contribution in [0.1, 0.15) is 30.9 Å². The largest absolute Gasteiger partial charge is 0.513 e. The van der Waals surface area contributed by atoms with Gasteiger partial charge in [-0.05, 0) is 37.6 Å². The van der Waals surface area contributed by atoms with Crippen LogP contribution in [-0.2, 0) is 20.8 Å². The van der Waals surface area contributed by atoms with Gasteiger partial charge in [-0.3, -0.25) is 0 Å². The summed E-state index contributed by atoms with van der Waals surface area (Å²) in [6.45, 7) is 3.69. The van der Waals surface area contributed by atoms with Gasteiger partial charge in [-0.2, -0.15) is 0 Å².